The molecule has 0 spiro atoms. The number of carboxylic acid groups (broad SMARTS) is 1. The number of carboxylic acids is 1. The Morgan fingerprint density at radius 2 is 2.06 bits per heavy atom. The van der Waals surface area contributed by atoms with E-state index in [0.29, 0.717) is 17.9 Å². The number of aliphatic hydroxyl groups is 2. The molecule has 96 valence electrons. The van der Waals surface area contributed by atoms with Gasteiger partial charge in [-0.2, -0.15) is 11.8 Å². The Morgan fingerprint density at radius 3 is 2.50 bits per heavy atom. The minimum Gasteiger partial charge on any atom is -0.480 e. The summed E-state index contributed by atoms with van der Waals surface area (Å²) in [5.74, 6) is 0.232. The fourth-order valence-corrected chi connectivity index (χ4v) is 2.10. The Bertz CT molecular complexity index is 201. The molecule has 0 aliphatic carbocycles. The third-order valence-electron chi connectivity index (χ3n) is 1.90. The summed E-state index contributed by atoms with van der Waals surface area (Å²) in [6.07, 6.45) is -0.206. The summed E-state index contributed by atoms with van der Waals surface area (Å²) in [7, 11) is 0. The molecule has 0 aliphatic heterocycles. The highest BCUT2D eigenvalue weighted by molar-refractivity contribution is 7.99. The second-order valence-electron chi connectivity index (χ2n) is 3.91. The summed E-state index contributed by atoms with van der Waals surface area (Å²) in [5, 5.41) is 29.5. The van der Waals surface area contributed by atoms with Crippen LogP contribution >= 0.6 is 11.8 Å². The number of carbonyl (C=O) groups is 1. The van der Waals surface area contributed by atoms with Gasteiger partial charge in [-0.25, -0.2) is 0 Å². The maximum absolute atomic E-state index is 10.9. The Morgan fingerprint density at radius 1 is 1.44 bits per heavy atom. The highest BCUT2D eigenvalue weighted by Crippen LogP contribution is 2.07. The summed E-state index contributed by atoms with van der Waals surface area (Å²) in [4.78, 5) is 10.9. The largest absolute Gasteiger partial charge is 0.480 e. The van der Waals surface area contributed by atoms with Crippen molar-refractivity contribution >= 4 is 17.7 Å². The second kappa shape index (κ2) is 8.81. The summed E-state index contributed by atoms with van der Waals surface area (Å²) >= 11 is 1.45. The highest BCUT2D eigenvalue weighted by Gasteiger charge is 2.17. The van der Waals surface area contributed by atoms with Crippen molar-refractivity contribution in [2.75, 3.05) is 18.1 Å². The molecule has 5 nitrogen and oxygen atoms in total. The van der Waals surface area contributed by atoms with Crippen LogP contribution in [-0.4, -0.2) is 57.6 Å². The lowest BCUT2D eigenvalue weighted by molar-refractivity contribution is -0.139. The van der Waals surface area contributed by atoms with Crippen molar-refractivity contribution in [2.45, 2.75) is 38.5 Å². The van der Waals surface area contributed by atoms with Crippen LogP contribution in [0.3, 0.4) is 0 Å². The Hall–Kier alpha value is -0.300. The van der Waals surface area contributed by atoms with Gasteiger partial charge >= 0.3 is 5.97 Å². The highest BCUT2D eigenvalue weighted by atomic mass is 32.2. The van der Waals surface area contributed by atoms with Crippen LogP contribution in [-0.2, 0) is 4.79 Å². The van der Waals surface area contributed by atoms with Gasteiger partial charge in [-0.15, -0.1) is 0 Å². The van der Waals surface area contributed by atoms with E-state index in [9.17, 15) is 4.79 Å². The quantitative estimate of drug-likeness (QED) is 0.428. The molecule has 6 heteroatoms. The number of hydrogen-bond acceptors (Lipinski definition) is 5. The maximum Gasteiger partial charge on any atom is 0.320 e. The molecule has 0 saturated heterocycles. The normalized spacial score (nSPS) is 15.1. The van der Waals surface area contributed by atoms with Crippen molar-refractivity contribution in [2.24, 2.45) is 0 Å². The van der Waals surface area contributed by atoms with E-state index in [1.165, 1.54) is 11.8 Å². The van der Waals surface area contributed by atoms with Gasteiger partial charge in [0.2, 0.25) is 0 Å². The summed E-state index contributed by atoms with van der Waals surface area (Å²) in [6, 6.07) is -0.409. The minimum atomic E-state index is -0.850. The first kappa shape index (κ1) is 15.7. The first-order valence-electron chi connectivity index (χ1n) is 5.32. The lowest BCUT2D eigenvalue weighted by Crippen LogP contribution is -2.41. The van der Waals surface area contributed by atoms with E-state index >= 15 is 0 Å². The predicted octanol–water partition coefficient (Wildman–Crippen LogP) is -0.0859. The molecule has 0 aromatic heterocycles. The molecule has 0 aromatic carbocycles. The van der Waals surface area contributed by atoms with Crippen LogP contribution in [0.15, 0.2) is 0 Å². The molecule has 2 atom stereocenters. The number of hydrogen-bond donors (Lipinski definition) is 4. The van der Waals surface area contributed by atoms with E-state index in [0.717, 1.165) is 0 Å². The SMILES string of the molecule is CC(C)NC(CCSCC(O)CO)C(=O)O. The third-order valence-corrected chi connectivity index (χ3v) is 3.05. The van der Waals surface area contributed by atoms with E-state index < -0.39 is 18.1 Å². The van der Waals surface area contributed by atoms with Gasteiger partial charge < -0.3 is 20.6 Å². The molecule has 0 aliphatic rings. The molecular formula is C10H21NO4S. The fourth-order valence-electron chi connectivity index (χ4n) is 1.15. The zero-order valence-corrected chi connectivity index (χ0v) is 10.5. The van der Waals surface area contributed by atoms with Crippen LogP contribution < -0.4 is 5.32 Å². The summed E-state index contributed by atoms with van der Waals surface area (Å²) in [5.41, 5.74) is 0. The topological polar surface area (TPSA) is 89.8 Å². The van der Waals surface area contributed by atoms with Crippen molar-refractivity contribution < 1.29 is 20.1 Å². The molecule has 0 radical (unpaired) electrons. The zero-order chi connectivity index (χ0) is 12.6. The van der Waals surface area contributed by atoms with Gasteiger partial charge in [0.25, 0.3) is 0 Å². The molecule has 0 rings (SSSR count). The molecule has 16 heavy (non-hydrogen) atoms. The third kappa shape index (κ3) is 7.92. The van der Waals surface area contributed by atoms with Crippen molar-refractivity contribution in [1.29, 1.82) is 0 Å². The average Bonchev–Trinajstić information content (AvgIpc) is 2.21. The number of aliphatic hydroxyl groups excluding tert-OH is 2. The maximum atomic E-state index is 10.9. The van der Waals surface area contributed by atoms with Crippen molar-refractivity contribution in [3.05, 3.63) is 0 Å². The fraction of sp³-hybridized carbons (Fsp3) is 0.900. The van der Waals surface area contributed by atoms with Crippen LogP contribution in [0.1, 0.15) is 20.3 Å². The Labute approximate surface area is 100 Å². The smallest absolute Gasteiger partial charge is 0.320 e. The van der Waals surface area contributed by atoms with E-state index in [1.54, 1.807) is 0 Å². The van der Waals surface area contributed by atoms with Crippen LogP contribution in [0.2, 0.25) is 0 Å². The molecular weight excluding hydrogens is 230 g/mol. The monoisotopic (exact) mass is 251 g/mol. The number of rotatable bonds is 9. The Kier molecular flexibility index (Phi) is 8.64. The van der Waals surface area contributed by atoms with Gasteiger partial charge in [-0.3, -0.25) is 4.79 Å². The Balaban J connectivity index is 3.72. The van der Waals surface area contributed by atoms with Crippen LogP contribution in [0.25, 0.3) is 0 Å². The summed E-state index contributed by atoms with van der Waals surface area (Å²) < 4.78 is 0. The molecule has 0 bridgehead atoms. The number of nitrogens with one attached hydrogen (secondary N) is 1. The number of thioether (sulfide) groups is 1. The van der Waals surface area contributed by atoms with Gasteiger partial charge in [0, 0.05) is 11.8 Å². The minimum absolute atomic E-state index is 0.133. The van der Waals surface area contributed by atoms with Crippen molar-refractivity contribution in [3.8, 4) is 0 Å². The molecule has 0 amide bonds. The lowest BCUT2D eigenvalue weighted by Gasteiger charge is -2.17. The van der Waals surface area contributed by atoms with Crippen molar-refractivity contribution in [3.63, 3.8) is 0 Å². The molecule has 0 heterocycles. The molecule has 0 saturated carbocycles. The molecule has 0 fully saturated rings. The van der Waals surface area contributed by atoms with Gasteiger partial charge in [0.15, 0.2) is 0 Å². The molecule has 2 unspecified atom stereocenters. The van der Waals surface area contributed by atoms with Crippen LogP contribution in [0.4, 0.5) is 0 Å². The van der Waals surface area contributed by atoms with E-state index in [4.69, 9.17) is 15.3 Å². The molecule has 0 aromatic rings. The molecule has 4 N–H and O–H groups in total. The van der Waals surface area contributed by atoms with E-state index in [-0.39, 0.29) is 12.6 Å². The second-order valence-corrected chi connectivity index (χ2v) is 5.06. The zero-order valence-electron chi connectivity index (χ0n) is 9.72. The van der Waals surface area contributed by atoms with Gasteiger partial charge in [-0.1, -0.05) is 13.8 Å². The average molecular weight is 251 g/mol. The standard InChI is InChI=1S/C10H21NO4S/c1-7(2)11-9(10(14)15)3-4-16-6-8(13)5-12/h7-9,11-13H,3-6H2,1-2H3,(H,14,15). The van der Waals surface area contributed by atoms with Crippen LogP contribution in [0, 0.1) is 0 Å². The number of aliphatic carboxylic acids is 1. The van der Waals surface area contributed by atoms with Crippen molar-refractivity contribution in [1.82, 2.24) is 5.32 Å². The van der Waals surface area contributed by atoms with Gasteiger partial charge in [-0.05, 0) is 12.2 Å². The van der Waals surface area contributed by atoms with Crippen LogP contribution in [0.5, 0.6) is 0 Å². The lowest BCUT2D eigenvalue weighted by atomic mass is 10.2. The van der Waals surface area contributed by atoms with E-state index in [2.05, 4.69) is 5.32 Å². The first-order valence-corrected chi connectivity index (χ1v) is 6.48. The van der Waals surface area contributed by atoms with E-state index in [1.807, 2.05) is 13.8 Å². The first-order chi connectivity index (χ1) is 7.47. The predicted molar refractivity (Wildman–Crippen MR) is 64.7 cm³/mol. The van der Waals surface area contributed by atoms with Gasteiger partial charge in [0.05, 0.1) is 12.7 Å². The van der Waals surface area contributed by atoms with Gasteiger partial charge in [0.1, 0.15) is 6.04 Å². The summed E-state index contributed by atoms with van der Waals surface area (Å²) in [6.45, 7) is 3.55.